The summed E-state index contributed by atoms with van der Waals surface area (Å²) in [5, 5.41) is 0. The van der Waals surface area contributed by atoms with E-state index in [9.17, 15) is 4.79 Å². The molecule has 0 spiro atoms. The fraction of sp³-hybridized carbons (Fsp3) is 0.533. The van der Waals surface area contributed by atoms with Gasteiger partial charge in [0, 0.05) is 32.9 Å². The van der Waals surface area contributed by atoms with Gasteiger partial charge in [0.2, 0.25) is 0 Å². The van der Waals surface area contributed by atoms with E-state index in [2.05, 4.69) is 0 Å². The lowest BCUT2D eigenvalue weighted by molar-refractivity contribution is -0.00461. The van der Waals surface area contributed by atoms with Crippen molar-refractivity contribution in [3.05, 3.63) is 35.4 Å². The summed E-state index contributed by atoms with van der Waals surface area (Å²) < 4.78 is 10.7. The molecule has 1 aromatic carbocycles. The Kier molecular flexibility index (Phi) is 5.11. The van der Waals surface area contributed by atoms with Crippen molar-refractivity contribution in [2.24, 2.45) is 5.73 Å². The van der Waals surface area contributed by atoms with Crippen LogP contribution in [0, 0.1) is 0 Å². The predicted molar refractivity (Wildman–Crippen MR) is 76.7 cm³/mol. The van der Waals surface area contributed by atoms with Crippen LogP contribution in [0.5, 0.6) is 0 Å². The molecule has 1 amide bonds. The van der Waals surface area contributed by atoms with Crippen LogP contribution < -0.4 is 5.73 Å². The number of hydrogen-bond acceptors (Lipinski definition) is 4. The molecule has 1 heterocycles. The predicted octanol–water partition coefficient (Wildman–Crippen LogP) is 0.674. The number of likely N-dealkylation sites (tertiary alicyclic amines) is 1. The normalized spacial score (nSPS) is 22.2. The molecule has 5 heteroatoms. The molecule has 20 heavy (non-hydrogen) atoms. The minimum Gasteiger partial charge on any atom is -0.377 e. The van der Waals surface area contributed by atoms with Gasteiger partial charge in [0.1, 0.15) is 12.2 Å². The molecule has 1 saturated heterocycles. The van der Waals surface area contributed by atoms with Crippen molar-refractivity contribution in [1.29, 1.82) is 0 Å². The molecule has 2 unspecified atom stereocenters. The molecule has 0 radical (unpaired) electrons. The van der Waals surface area contributed by atoms with E-state index in [1.807, 2.05) is 24.3 Å². The molecule has 2 rings (SSSR count). The highest BCUT2D eigenvalue weighted by Crippen LogP contribution is 2.18. The number of carbonyl (C=O) groups is 1. The third-order valence-electron chi connectivity index (χ3n) is 3.74. The highest BCUT2D eigenvalue weighted by atomic mass is 16.5. The van der Waals surface area contributed by atoms with Crippen molar-refractivity contribution in [2.75, 3.05) is 33.9 Å². The number of ether oxygens (including phenoxy) is 2. The number of nitrogens with two attached hydrogens (primary N) is 1. The molecule has 110 valence electrons. The zero-order valence-corrected chi connectivity index (χ0v) is 12.0. The first kappa shape index (κ1) is 15.0. The summed E-state index contributed by atoms with van der Waals surface area (Å²) in [6.45, 7) is 1.75. The maximum Gasteiger partial charge on any atom is 0.254 e. The fourth-order valence-corrected chi connectivity index (χ4v) is 2.53. The van der Waals surface area contributed by atoms with Crippen molar-refractivity contribution in [2.45, 2.75) is 18.6 Å². The minimum atomic E-state index is -0.0551. The molecule has 0 aromatic heterocycles. The molecule has 1 aliphatic heterocycles. The van der Waals surface area contributed by atoms with Gasteiger partial charge in [0.05, 0.1) is 0 Å². The standard InChI is InChI=1S/C15H22N2O3/c1-19-13-9-17(10-14(13)20-2)15(18)12-5-3-11(4-6-12)7-8-16/h3-6,13-14H,7-10,16H2,1-2H3. The fourth-order valence-electron chi connectivity index (χ4n) is 2.53. The number of amides is 1. The van der Waals surface area contributed by atoms with Crippen LogP contribution in [0.1, 0.15) is 15.9 Å². The van der Waals surface area contributed by atoms with Crippen LogP contribution in [-0.4, -0.2) is 56.9 Å². The number of rotatable bonds is 5. The Morgan fingerprint density at radius 3 is 2.20 bits per heavy atom. The Balaban J connectivity index is 2.04. The van der Waals surface area contributed by atoms with Crippen LogP contribution in [0.25, 0.3) is 0 Å². The largest absolute Gasteiger partial charge is 0.377 e. The van der Waals surface area contributed by atoms with Crippen LogP contribution >= 0.6 is 0 Å². The van der Waals surface area contributed by atoms with E-state index in [-0.39, 0.29) is 18.1 Å². The van der Waals surface area contributed by atoms with Crippen LogP contribution in [0.4, 0.5) is 0 Å². The van der Waals surface area contributed by atoms with Crippen molar-refractivity contribution >= 4 is 5.91 Å². The zero-order valence-electron chi connectivity index (χ0n) is 12.0. The highest BCUT2D eigenvalue weighted by molar-refractivity contribution is 5.94. The summed E-state index contributed by atoms with van der Waals surface area (Å²) in [6, 6.07) is 7.63. The lowest BCUT2D eigenvalue weighted by Crippen LogP contribution is -2.30. The SMILES string of the molecule is COC1CN(C(=O)c2ccc(CCN)cc2)CC1OC. The third kappa shape index (κ3) is 3.17. The number of benzene rings is 1. The first-order valence-electron chi connectivity index (χ1n) is 6.83. The van der Waals surface area contributed by atoms with E-state index in [1.165, 1.54) is 0 Å². The molecule has 0 bridgehead atoms. The topological polar surface area (TPSA) is 64.8 Å². The highest BCUT2D eigenvalue weighted by Gasteiger charge is 2.35. The monoisotopic (exact) mass is 278 g/mol. The van der Waals surface area contributed by atoms with Crippen molar-refractivity contribution in [3.63, 3.8) is 0 Å². The molecule has 1 aliphatic rings. The lowest BCUT2D eigenvalue weighted by Gasteiger charge is -2.16. The number of carbonyl (C=O) groups excluding carboxylic acids is 1. The second-order valence-electron chi connectivity index (χ2n) is 4.99. The molecule has 0 saturated carbocycles. The maximum atomic E-state index is 12.4. The minimum absolute atomic E-state index is 0.0194. The van der Waals surface area contributed by atoms with Crippen molar-refractivity contribution in [3.8, 4) is 0 Å². The number of methoxy groups -OCH3 is 2. The summed E-state index contributed by atoms with van der Waals surface area (Å²) in [4.78, 5) is 14.2. The van der Waals surface area contributed by atoms with E-state index in [1.54, 1.807) is 19.1 Å². The van der Waals surface area contributed by atoms with Gasteiger partial charge in [-0.05, 0) is 30.7 Å². The smallest absolute Gasteiger partial charge is 0.254 e. The van der Waals surface area contributed by atoms with Gasteiger partial charge in [-0.1, -0.05) is 12.1 Å². The van der Waals surface area contributed by atoms with E-state index in [4.69, 9.17) is 15.2 Å². The van der Waals surface area contributed by atoms with Gasteiger partial charge in [-0.15, -0.1) is 0 Å². The zero-order chi connectivity index (χ0) is 14.5. The first-order valence-corrected chi connectivity index (χ1v) is 6.83. The van der Waals surface area contributed by atoms with Gasteiger partial charge in [0.25, 0.3) is 5.91 Å². The van der Waals surface area contributed by atoms with Gasteiger partial charge in [-0.2, -0.15) is 0 Å². The Morgan fingerprint density at radius 1 is 1.20 bits per heavy atom. The quantitative estimate of drug-likeness (QED) is 0.860. The van der Waals surface area contributed by atoms with Gasteiger partial charge in [-0.25, -0.2) is 0 Å². The van der Waals surface area contributed by atoms with E-state index in [0.717, 1.165) is 12.0 Å². The van der Waals surface area contributed by atoms with E-state index < -0.39 is 0 Å². The van der Waals surface area contributed by atoms with Crippen molar-refractivity contribution in [1.82, 2.24) is 4.90 Å². The molecular formula is C15H22N2O3. The summed E-state index contributed by atoms with van der Waals surface area (Å²) in [5.41, 5.74) is 7.36. The van der Waals surface area contributed by atoms with Gasteiger partial charge in [0.15, 0.2) is 0 Å². The summed E-state index contributed by atoms with van der Waals surface area (Å²) >= 11 is 0. The van der Waals surface area contributed by atoms with Crippen molar-refractivity contribution < 1.29 is 14.3 Å². The van der Waals surface area contributed by atoms with Crippen LogP contribution in [0.3, 0.4) is 0 Å². The van der Waals surface area contributed by atoms with E-state index >= 15 is 0 Å². The summed E-state index contributed by atoms with van der Waals surface area (Å²) in [6.07, 6.45) is 0.719. The third-order valence-corrected chi connectivity index (χ3v) is 3.74. The second kappa shape index (κ2) is 6.83. The Labute approximate surface area is 119 Å². The molecular weight excluding hydrogens is 256 g/mol. The molecule has 1 fully saturated rings. The average Bonchev–Trinajstić information content (AvgIpc) is 2.91. The molecule has 2 N–H and O–H groups in total. The van der Waals surface area contributed by atoms with Crippen LogP contribution in [0.15, 0.2) is 24.3 Å². The first-order chi connectivity index (χ1) is 9.69. The number of nitrogens with zero attached hydrogens (tertiary/aromatic N) is 1. The van der Waals surface area contributed by atoms with Gasteiger partial charge < -0.3 is 20.1 Å². The average molecular weight is 278 g/mol. The van der Waals surface area contributed by atoms with Gasteiger partial charge >= 0.3 is 0 Å². The van der Waals surface area contributed by atoms with Crippen LogP contribution in [0.2, 0.25) is 0 Å². The maximum absolute atomic E-state index is 12.4. The van der Waals surface area contributed by atoms with E-state index in [0.29, 0.717) is 25.2 Å². The van der Waals surface area contributed by atoms with Crippen LogP contribution in [-0.2, 0) is 15.9 Å². The summed E-state index contributed by atoms with van der Waals surface area (Å²) in [5.74, 6) is 0.0194. The Morgan fingerprint density at radius 2 is 1.75 bits per heavy atom. The summed E-state index contributed by atoms with van der Waals surface area (Å²) in [7, 11) is 3.29. The lowest BCUT2D eigenvalue weighted by atomic mass is 10.1. The Bertz CT molecular complexity index is 435. The number of hydrogen-bond donors (Lipinski definition) is 1. The molecule has 5 nitrogen and oxygen atoms in total. The molecule has 0 aliphatic carbocycles. The van der Waals surface area contributed by atoms with Gasteiger partial charge in [-0.3, -0.25) is 4.79 Å². The molecule has 2 atom stereocenters. The second-order valence-corrected chi connectivity index (χ2v) is 4.99. The Hall–Kier alpha value is -1.43. The molecule has 1 aromatic rings.